The molecule has 96 valence electrons. The first-order chi connectivity index (χ1) is 8.29. The van der Waals surface area contributed by atoms with Crippen molar-refractivity contribution in [3.8, 4) is 0 Å². The molecule has 0 unspecified atom stereocenters. The van der Waals surface area contributed by atoms with Gasteiger partial charge in [-0.05, 0) is 54.9 Å². The molecule has 1 aromatic carbocycles. The third-order valence-corrected chi connectivity index (χ3v) is 3.31. The molecule has 0 amide bonds. The zero-order valence-electron chi connectivity index (χ0n) is 10.3. The molecule has 0 spiro atoms. The lowest BCUT2D eigenvalue weighted by molar-refractivity contribution is 0.0544. The normalized spacial score (nSPS) is 11.8. The number of halogens is 2. The lowest BCUT2D eigenvalue weighted by Crippen LogP contribution is -2.26. The quantitative estimate of drug-likeness (QED) is 0.692. The minimum atomic E-state index is -0.529. The van der Waals surface area contributed by atoms with Crippen LogP contribution in [0.4, 0.5) is 4.79 Å². The van der Waals surface area contributed by atoms with Gasteiger partial charge in [0, 0.05) is 16.1 Å². The van der Waals surface area contributed by atoms with E-state index in [1.54, 1.807) is 18.3 Å². The number of carbonyl (C=O) groups excluding carboxylic acids is 1. The molecule has 0 N–H and O–H groups in total. The Morgan fingerprint density at radius 1 is 1.33 bits per heavy atom. The summed E-state index contributed by atoms with van der Waals surface area (Å²) < 4.78 is 7.60. The summed E-state index contributed by atoms with van der Waals surface area (Å²) in [6.07, 6.45) is 1.25. The van der Waals surface area contributed by atoms with E-state index in [0.29, 0.717) is 5.02 Å². The third-order valence-electron chi connectivity index (χ3n) is 2.34. The molecular weight excluding hydrogens is 318 g/mol. The molecule has 0 bridgehead atoms. The zero-order valence-corrected chi connectivity index (χ0v) is 12.7. The van der Waals surface area contributed by atoms with Gasteiger partial charge in [-0.2, -0.15) is 0 Å². The van der Waals surface area contributed by atoms with Crippen LogP contribution in [-0.2, 0) is 4.74 Å². The summed E-state index contributed by atoms with van der Waals surface area (Å²) in [6, 6.07) is 5.39. The highest BCUT2D eigenvalue weighted by Crippen LogP contribution is 2.31. The first-order valence-electron chi connectivity index (χ1n) is 5.48. The topological polar surface area (TPSA) is 31.2 Å². The summed E-state index contributed by atoms with van der Waals surface area (Å²) in [6.45, 7) is 5.50. The van der Waals surface area contributed by atoms with Crippen molar-refractivity contribution in [3.63, 3.8) is 0 Å². The van der Waals surface area contributed by atoms with E-state index in [1.807, 2.05) is 26.8 Å². The predicted molar refractivity (Wildman–Crippen MR) is 76.3 cm³/mol. The largest absolute Gasteiger partial charge is 0.443 e. The van der Waals surface area contributed by atoms with E-state index in [-0.39, 0.29) is 0 Å². The minimum Gasteiger partial charge on any atom is -0.443 e. The number of aromatic nitrogens is 1. The average Bonchev–Trinajstić information content (AvgIpc) is 2.66. The van der Waals surface area contributed by atoms with E-state index in [0.717, 1.165) is 15.4 Å². The Balaban J connectivity index is 2.53. The van der Waals surface area contributed by atoms with Gasteiger partial charge in [-0.15, -0.1) is 0 Å². The Bertz CT molecular complexity index is 613. The maximum atomic E-state index is 12.1. The van der Waals surface area contributed by atoms with Gasteiger partial charge in [-0.25, -0.2) is 4.79 Å². The van der Waals surface area contributed by atoms with Gasteiger partial charge >= 0.3 is 6.09 Å². The van der Waals surface area contributed by atoms with Crippen LogP contribution in [0.5, 0.6) is 0 Å². The minimum absolute atomic E-state index is 0.416. The van der Waals surface area contributed by atoms with E-state index in [2.05, 4.69) is 15.9 Å². The molecule has 0 radical (unpaired) electrons. The second-order valence-corrected chi connectivity index (χ2v) is 6.22. The highest BCUT2D eigenvalue weighted by Gasteiger charge is 2.20. The number of hydrogen-bond acceptors (Lipinski definition) is 2. The Labute approximate surface area is 119 Å². The lowest BCUT2D eigenvalue weighted by atomic mass is 10.2. The fourth-order valence-electron chi connectivity index (χ4n) is 1.65. The molecule has 1 aromatic heterocycles. The summed E-state index contributed by atoms with van der Waals surface area (Å²) in [5.74, 6) is 0. The van der Waals surface area contributed by atoms with Crippen LogP contribution >= 0.6 is 27.5 Å². The number of nitrogens with zero attached hydrogens (tertiary/aromatic N) is 1. The van der Waals surface area contributed by atoms with Crippen molar-refractivity contribution in [2.45, 2.75) is 26.4 Å². The van der Waals surface area contributed by atoms with Crippen LogP contribution in [0.3, 0.4) is 0 Å². The number of carbonyl (C=O) groups is 1. The average molecular weight is 331 g/mol. The SMILES string of the molecule is CC(C)(C)OC(=O)n1ccc2c(Cl)ccc(Br)c21. The Kier molecular flexibility index (Phi) is 3.43. The van der Waals surface area contributed by atoms with Crippen LogP contribution < -0.4 is 0 Å². The van der Waals surface area contributed by atoms with E-state index >= 15 is 0 Å². The van der Waals surface area contributed by atoms with Crippen LogP contribution in [0, 0.1) is 0 Å². The van der Waals surface area contributed by atoms with E-state index in [1.165, 1.54) is 4.57 Å². The zero-order chi connectivity index (χ0) is 13.5. The molecule has 2 aromatic rings. The highest BCUT2D eigenvalue weighted by molar-refractivity contribution is 9.10. The van der Waals surface area contributed by atoms with Crippen molar-refractivity contribution in [2.24, 2.45) is 0 Å². The van der Waals surface area contributed by atoms with Gasteiger partial charge in [0.25, 0.3) is 0 Å². The standard InChI is InChI=1S/C13H13BrClNO2/c1-13(2,3)18-12(17)16-7-6-8-10(15)5-4-9(14)11(8)16/h4-7H,1-3H3. The lowest BCUT2D eigenvalue weighted by Gasteiger charge is -2.20. The molecular formula is C13H13BrClNO2. The summed E-state index contributed by atoms with van der Waals surface area (Å²) >= 11 is 9.52. The molecule has 0 saturated carbocycles. The van der Waals surface area contributed by atoms with Gasteiger partial charge in [0.05, 0.1) is 10.5 Å². The van der Waals surface area contributed by atoms with Crippen molar-refractivity contribution < 1.29 is 9.53 Å². The van der Waals surface area contributed by atoms with Gasteiger partial charge in [0.2, 0.25) is 0 Å². The number of rotatable bonds is 0. The van der Waals surface area contributed by atoms with E-state index in [9.17, 15) is 4.79 Å². The van der Waals surface area contributed by atoms with E-state index in [4.69, 9.17) is 16.3 Å². The maximum Gasteiger partial charge on any atom is 0.419 e. The van der Waals surface area contributed by atoms with Gasteiger partial charge in [-0.1, -0.05) is 11.6 Å². The second kappa shape index (κ2) is 4.59. The highest BCUT2D eigenvalue weighted by atomic mass is 79.9. The van der Waals surface area contributed by atoms with E-state index < -0.39 is 11.7 Å². The van der Waals surface area contributed by atoms with Crippen LogP contribution in [0.15, 0.2) is 28.9 Å². The van der Waals surface area contributed by atoms with Gasteiger partial charge in [0.15, 0.2) is 0 Å². The monoisotopic (exact) mass is 329 g/mol. The number of ether oxygens (including phenoxy) is 1. The fraction of sp³-hybridized carbons (Fsp3) is 0.308. The third kappa shape index (κ3) is 2.54. The van der Waals surface area contributed by atoms with Crippen molar-refractivity contribution in [1.82, 2.24) is 4.57 Å². The van der Waals surface area contributed by atoms with Crippen molar-refractivity contribution in [1.29, 1.82) is 0 Å². The molecule has 0 aliphatic carbocycles. The maximum absolute atomic E-state index is 12.1. The molecule has 18 heavy (non-hydrogen) atoms. The molecule has 5 heteroatoms. The number of fused-ring (bicyclic) bond motifs is 1. The number of benzene rings is 1. The van der Waals surface area contributed by atoms with Gasteiger partial charge in [0.1, 0.15) is 5.60 Å². The summed E-state index contributed by atoms with van der Waals surface area (Å²) in [5.41, 5.74) is 0.190. The number of hydrogen-bond donors (Lipinski definition) is 0. The fourth-order valence-corrected chi connectivity index (χ4v) is 2.40. The molecule has 0 saturated heterocycles. The molecule has 3 nitrogen and oxygen atoms in total. The first-order valence-corrected chi connectivity index (χ1v) is 6.65. The molecule has 1 heterocycles. The van der Waals surface area contributed by atoms with Gasteiger partial charge in [-0.3, -0.25) is 4.57 Å². The Morgan fingerprint density at radius 2 is 2.00 bits per heavy atom. The summed E-state index contributed by atoms with van der Waals surface area (Å²) in [5, 5.41) is 1.42. The van der Waals surface area contributed by atoms with Crippen molar-refractivity contribution in [2.75, 3.05) is 0 Å². The molecule has 2 rings (SSSR count). The van der Waals surface area contributed by atoms with Crippen molar-refractivity contribution >= 4 is 44.5 Å². The summed E-state index contributed by atoms with van der Waals surface area (Å²) in [7, 11) is 0. The second-order valence-electron chi connectivity index (χ2n) is 4.96. The van der Waals surface area contributed by atoms with Crippen LogP contribution in [0.2, 0.25) is 5.02 Å². The first kappa shape index (κ1) is 13.4. The molecule has 0 atom stereocenters. The Hall–Kier alpha value is -1.000. The van der Waals surface area contributed by atoms with Crippen molar-refractivity contribution in [3.05, 3.63) is 33.9 Å². The van der Waals surface area contributed by atoms with Crippen LogP contribution in [0.25, 0.3) is 10.9 Å². The van der Waals surface area contributed by atoms with Crippen LogP contribution in [0.1, 0.15) is 20.8 Å². The molecule has 0 aliphatic rings. The smallest absolute Gasteiger partial charge is 0.419 e. The molecule has 0 fully saturated rings. The van der Waals surface area contributed by atoms with Crippen LogP contribution in [-0.4, -0.2) is 16.3 Å². The summed E-state index contributed by atoms with van der Waals surface area (Å²) in [4.78, 5) is 12.1. The predicted octanol–water partition coefficient (Wildman–Crippen LogP) is 4.84. The van der Waals surface area contributed by atoms with Gasteiger partial charge < -0.3 is 4.74 Å². The molecule has 0 aliphatic heterocycles. The Morgan fingerprint density at radius 3 is 2.61 bits per heavy atom.